The maximum Gasteiger partial charge on any atom is 0.325 e. The van der Waals surface area contributed by atoms with Crippen molar-refractivity contribution in [1.82, 2.24) is 20.4 Å². The summed E-state index contributed by atoms with van der Waals surface area (Å²) >= 11 is 5.95. The Morgan fingerprint density at radius 3 is 2.34 bits per heavy atom. The van der Waals surface area contributed by atoms with Crippen molar-refractivity contribution < 1.29 is 14.4 Å². The molecule has 2 N–H and O–H groups in total. The molecule has 2 saturated heterocycles. The molecule has 2 aliphatic rings. The Kier molecular flexibility index (Phi) is 7.77. The standard InChI is InChI=1S/C27H33ClN4O3/c1-19(2)24(33)29-23(21-6-4-3-5-7-21)12-15-31-16-13-27(14-17-31)25(34)32(26(35)30-27)18-20-8-10-22(28)11-9-20/h3-11,19,23H,12-18H2,1-2H3,(H,29,33)(H,30,35)/t23-/m0/s1. The quantitative estimate of drug-likeness (QED) is 0.538. The van der Waals surface area contributed by atoms with Gasteiger partial charge in [-0.25, -0.2) is 4.79 Å². The van der Waals surface area contributed by atoms with Gasteiger partial charge < -0.3 is 15.5 Å². The van der Waals surface area contributed by atoms with Crippen molar-refractivity contribution >= 4 is 29.4 Å². The van der Waals surface area contributed by atoms with Gasteiger partial charge in [0.25, 0.3) is 5.91 Å². The van der Waals surface area contributed by atoms with Gasteiger partial charge in [-0.1, -0.05) is 67.9 Å². The number of rotatable bonds is 8. The summed E-state index contributed by atoms with van der Waals surface area (Å²) in [4.78, 5) is 41.9. The first kappa shape index (κ1) is 25.2. The SMILES string of the molecule is CC(C)C(=O)N[C@@H](CCN1CCC2(CC1)NC(=O)N(Cc1ccc(Cl)cc1)C2=O)c1ccccc1. The average Bonchev–Trinajstić information content (AvgIpc) is 3.08. The first-order chi connectivity index (χ1) is 16.8. The van der Waals surface area contributed by atoms with Gasteiger partial charge in [0.15, 0.2) is 0 Å². The molecule has 0 aliphatic carbocycles. The minimum atomic E-state index is -0.829. The lowest BCUT2D eigenvalue weighted by atomic mass is 9.87. The minimum Gasteiger partial charge on any atom is -0.349 e. The van der Waals surface area contributed by atoms with Crippen LogP contribution in [0.5, 0.6) is 0 Å². The summed E-state index contributed by atoms with van der Waals surface area (Å²) in [6.45, 7) is 6.24. The molecular formula is C27H33ClN4O3. The Morgan fingerprint density at radius 2 is 1.71 bits per heavy atom. The maximum absolute atomic E-state index is 13.3. The second kappa shape index (κ2) is 10.8. The van der Waals surface area contributed by atoms with E-state index in [9.17, 15) is 14.4 Å². The second-order valence-electron chi connectivity index (χ2n) is 9.79. The maximum atomic E-state index is 13.3. The van der Waals surface area contributed by atoms with Crippen molar-refractivity contribution in [3.8, 4) is 0 Å². The first-order valence-electron chi connectivity index (χ1n) is 12.2. The Bertz CT molecular complexity index is 1050. The largest absolute Gasteiger partial charge is 0.349 e. The minimum absolute atomic E-state index is 0.0384. The molecule has 0 radical (unpaired) electrons. The van der Waals surface area contributed by atoms with Crippen molar-refractivity contribution in [3.63, 3.8) is 0 Å². The van der Waals surface area contributed by atoms with E-state index in [1.165, 1.54) is 4.90 Å². The van der Waals surface area contributed by atoms with E-state index in [0.717, 1.165) is 24.1 Å². The van der Waals surface area contributed by atoms with Crippen molar-refractivity contribution in [2.24, 2.45) is 5.92 Å². The number of halogens is 1. The van der Waals surface area contributed by atoms with Gasteiger partial charge in [0.05, 0.1) is 12.6 Å². The predicted molar refractivity (Wildman–Crippen MR) is 136 cm³/mol. The number of amides is 4. The zero-order chi connectivity index (χ0) is 25.0. The van der Waals surface area contributed by atoms with Crippen molar-refractivity contribution in [2.45, 2.75) is 51.2 Å². The van der Waals surface area contributed by atoms with E-state index in [1.54, 1.807) is 12.1 Å². The summed E-state index contributed by atoms with van der Waals surface area (Å²) in [5.41, 5.74) is 1.12. The van der Waals surface area contributed by atoms with Crippen LogP contribution in [0.1, 0.15) is 50.3 Å². The van der Waals surface area contributed by atoms with Gasteiger partial charge in [-0.3, -0.25) is 14.5 Å². The number of likely N-dealkylation sites (tertiary alicyclic amines) is 1. The number of imide groups is 1. The monoisotopic (exact) mass is 496 g/mol. The number of urea groups is 1. The fraction of sp³-hybridized carbons (Fsp3) is 0.444. The number of nitrogens with one attached hydrogen (secondary N) is 2. The normalized spacial score (nSPS) is 18.7. The lowest BCUT2D eigenvalue weighted by Gasteiger charge is -2.37. The lowest BCUT2D eigenvalue weighted by molar-refractivity contribution is -0.133. The van der Waals surface area contributed by atoms with Crippen LogP contribution in [0.25, 0.3) is 0 Å². The average molecular weight is 497 g/mol. The van der Waals surface area contributed by atoms with Crippen LogP contribution in [-0.2, 0) is 16.1 Å². The summed E-state index contributed by atoms with van der Waals surface area (Å²) in [5.74, 6) is -0.191. The molecule has 1 spiro atoms. The molecule has 1 atom stereocenters. The molecule has 0 aromatic heterocycles. The highest BCUT2D eigenvalue weighted by molar-refractivity contribution is 6.30. The van der Waals surface area contributed by atoms with Crippen LogP contribution in [-0.4, -0.2) is 52.8 Å². The highest BCUT2D eigenvalue weighted by Crippen LogP contribution is 2.31. The van der Waals surface area contributed by atoms with Crippen LogP contribution in [0.15, 0.2) is 54.6 Å². The van der Waals surface area contributed by atoms with Gasteiger partial charge in [0.1, 0.15) is 5.54 Å². The number of carbonyl (C=O) groups is 3. The molecule has 2 aromatic carbocycles. The number of nitrogens with zero attached hydrogens (tertiary/aromatic N) is 2. The topological polar surface area (TPSA) is 81.8 Å². The summed E-state index contributed by atoms with van der Waals surface area (Å²) < 4.78 is 0. The molecule has 4 amide bonds. The van der Waals surface area contributed by atoms with Crippen LogP contribution < -0.4 is 10.6 Å². The molecule has 0 unspecified atom stereocenters. The highest BCUT2D eigenvalue weighted by Gasteiger charge is 2.52. The predicted octanol–water partition coefficient (Wildman–Crippen LogP) is 4.13. The molecule has 0 saturated carbocycles. The van der Waals surface area contributed by atoms with Crippen molar-refractivity contribution in [2.75, 3.05) is 19.6 Å². The summed E-state index contributed by atoms with van der Waals surface area (Å²) in [6, 6.07) is 16.8. The van der Waals surface area contributed by atoms with Gasteiger partial charge in [-0.15, -0.1) is 0 Å². The number of carbonyl (C=O) groups excluding carboxylic acids is 3. The third-order valence-corrected chi connectivity index (χ3v) is 7.24. The molecule has 2 aliphatic heterocycles. The first-order valence-corrected chi connectivity index (χ1v) is 12.6. The molecule has 35 heavy (non-hydrogen) atoms. The second-order valence-corrected chi connectivity index (χ2v) is 10.2. The zero-order valence-corrected chi connectivity index (χ0v) is 21.1. The van der Waals surface area contributed by atoms with Crippen LogP contribution in [0.3, 0.4) is 0 Å². The third-order valence-electron chi connectivity index (χ3n) is 6.99. The smallest absolute Gasteiger partial charge is 0.325 e. The summed E-state index contributed by atoms with van der Waals surface area (Å²) in [7, 11) is 0. The van der Waals surface area contributed by atoms with E-state index in [1.807, 2.05) is 56.3 Å². The molecular weight excluding hydrogens is 464 g/mol. The summed E-state index contributed by atoms with van der Waals surface area (Å²) in [5, 5.41) is 6.77. The highest BCUT2D eigenvalue weighted by atomic mass is 35.5. The number of piperidine rings is 1. The van der Waals surface area contributed by atoms with Crippen molar-refractivity contribution in [3.05, 3.63) is 70.7 Å². The van der Waals surface area contributed by atoms with Crippen LogP contribution in [0.4, 0.5) is 4.79 Å². The van der Waals surface area contributed by atoms with E-state index in [-0.39, 0.29) is 36.3 Å². The summed E-state index contributed by atoms with van der Waals surface area (Å²) in [6.07, 6.45) is 1.92. The van der Waals surface area contributed by atoms with E-state index in [0.29, 0.717) is 31.0 Å². The molecule has 0 bridgehead atoms. The Labute approximate surface area is 211 Å². The van der Waals surface area contributed by atoms with E-state index < -0.39 is 5.54 Å². The molecule has 7 nitrogen and oxygen atoms in total. The fourth-order valence-electron chi connectivity index (χ4n) is 4.75. The number of hydrogen-bond donors (Lipinski definition) is 2. The van der Waals surface area contributed by atoms with Gasteiger partial charge in [0.2, 0.25) is 5.91 Å². The van der Waals surface area contributed by atoms with E-state index >= 15 is 0 Å². The molecule has 2 fully saturated rings. The zero-order valence-electron chi connectivity index (χ0n) is 20.3. The molecule has 8 heteroatoms. The van der Waals surface area contributed by atoms with Crippen LogP contribution in [0, 0.1) is 5.92 Å². The lowest BCUT2D eigenvalue weighted by Crippen LogP contribution is -2.55. The Balaban J connectivity index is 1.34. The molecule has 2 aromatic rings. The molecule has 2 heterocycles. The van der Waals surface area contributed by atoms with Crippen LogP contribution >= 0.6 is 11.6 Å². The van der Waals surface area contributed by atoms with Crippen LogP contribution in [0.2, 0.25) is 5.02 Å². The number of hydrogen-bond acceptors (Lipinski definition) is 4. The van der Waals surface area contributed by atoms with Gasteiger partial charge >= 0.3 is 6.03 Å². The molecule has 4 rings (SSSR count). The van der Waals surface area contributed by atoms with Gasteiger partial charge in [0, 0.05) is 30.6 Å². The third kappa shape index (κ3) is 5.85. The van der Waals surface area contributed by atoms with Gasteiger partial charge in [-0.2, -0.15) is 0 Å². The number of benzene rings is 2. The van der Waals surface area contributed by atoms with E-state index in [4.69, 9.17) is 11.6 Å². The van der Waals surface area contributed by atoms with Gasteiger partial charge in [-0.05, 0) is 42.5 Å². The Morgan fingerprint density at radius 1 is 1.06 bits per heavy atom. The van der Waals surface area contributed by atoms with Crippen molar-refractivity contribution in [1.29, 1.82) is 0 Å². The molecule has 186 valence electrons. The van der Waals surface area contributed by atoms with E-state index in [2.05, 4.69) is 15.5 Å². The fourth-order valence-corrected chi connectivity index (χ4v) is 4.87. The Hall–Kier alpha value is -2.90.